The lowest BCUT2D eigenvalue weighted by molar-refractivity contribution is 0.443. The molecule has 3 aromatic heterocycles. The summed E-state index contributed by atoms with van der Waals surface area (Å²) in [4.78, 5) is 11.2. The number of hydrogen-bond donors (Lipinski definition) is 1. The van der Waals surface area contributed by atoms with Gasteiger partial charge in [0.25, 0.3) is 0 Å². The number of aryl methyl sites for hydroxylation is 1. The van der Waals surface area contributed by atoms with Crippen LogP contribution in [0.4, 0.5) is 9.52 Å². The van der Waals surface area contributed by atoms with E-state index >= 15 is 0 Å². The number of rotatable bonds is 3. The van der Waals surface area contributed by atoms with Crippen LogP contribution in [-0.2, 0) is 0 Å². The van der Waals surface area contributed by atoms with Gasteiger partial charge < -0.3 is 14.6 Å². The average molecular weight is 457 g/mol. The van der Waals surface area contributed by atoms with Gasteiger partial charge in [-0.2, -0.15) is 5.26 Å². The molecule has 1 N–H and O–H groups in total. The van der Waals surface area contributed by atoms with Crippen LogP contribution in [0.3, 0.4) is 0 Å². The highest BCUT2D eigenvalue weighted by Gasteiger charge is 2.22. The number of benzene rings is 1. The van der Waals surface area contributed by atoms with E-state index in [-0.39, 0.29) is 18.2 Å². The zero-order valence-electron chi connectivity index (χ0n) is 17.2. The quantitative estimate of drug-likeness (QED) is 0.490. The number of fused-ring (bicyclic) bond motifs is 2. The number of nitrogens with one attached hydrogen (secondary N) is 1. The Kier molecular flexibility index (Phi) is 5.84. The van der Waals surface area contributed by atoms with Crippen molar-refractivity contribution in [3.63, 3.8) is 0 Å². The third-order valence-electron chi connectivity index (χ3n) is 5.72. The van der Waals surface area contributed by atoms with Gasteiger partial charge in [0, 0.05) is 25.5 Å². The molecule has 0 atom stereocenters. The summed E-state index contributed by atoms with van der Waals surface area (Å²) < 4.78 is 17.6. The second-order valence-electron chi connectivity index (χ2n) is 7.76. The second kappa shape index (κ2) is 8.42. The molecule has 4 heterocycles. The van der Waals surface area contributed by atoms with Crippen LogP contribution < -0.4 is 10.2 Å². The summed E-state index contributed by atoms with van der Waals surface area (Å²) in [5.74, 6) is -0.343. The number of aromatic nitrogens is 3. The van der Waals surface area contributed by atoms with Crippen molar-refractivity contribution in [1.82, 2.24) is 19.7 Å². The number of anilines is 1. The van der Waals surface area contributed by atoms with Gasteiger partial charge in [-0.25, -0.2) is 14.4 Å². The van der Waals surface area contributed by atoms with Crippen molar-refractivity contribution in [1.29, 1.82) is 5.26 Å². The lowest BCUT2D eigenvalue weighted by Crippen LogP contribution is -2.41. The Labute approximate surface area is 189 Å². The van der Waals surface area contributed by atoms with Gasteiger partial charge in [0.2, 0.25) is 0 Å². The van der Waals surface area contributed by atoms with Gasteiger partial charge in [0.05, 0.1) is 16.0 Å². The second-order valence-corrected chi connectivity index (χ2v) is 8.77. The van der Waals surface area contributed by atoms with Crippen LogP contribution in [0.2, 0.25) is 0 Å². The molecule has 0 saturated carbocycles. The number of pyridine rings is 1. The number of nitriles is 1. The number of imidazole rings is 1. The molecular weight excluding hydrogens is 435 g/mol. The highest BCUT2D eigenvalue weighted by Crippen LogP contribution is 2.35. The van der Waals surface area contributed by atoms with Crippen LogP contribution >= 0.6 is 23.7 Å². The summed E-state index contributed by atoms with van der Waals surface area (Å²) in [6, 6.07) is 7.85. The van der Waals surface area contributed by atoms with Crippen LogP contribution in [0.5, 0.6) is 0 Å². The summed E-state index contributed by atoms with van der Waals surface area (Å²) in [7, 11) is 2.04. The minimum absolute atomic E-state index is 0. The molecule has 9 heteroatoms. The standard InChI is InChI=1S/C22H21FN6S.ClH/c1-13-11-29-12-16(7-15(10-24)21(29)26-13)14-8-18(23)20-19(9-14)30-22(27-20)28(2)17-3-5-25-6-4-17;/h7-9,11-12,17,25H,3-6H2,1-2H3;1H. The van der Waals surface area contributed by atoms with E-state index in [2.05, 4.69) is 26.3 Å². The normalized spacial score (nSPS) is 14.5. The molecular formula is C22H22ClFN6S. The number of halogens is 2. The molecule has 4 aromatic rings. The average Bonchev–Trinajstić information content (AvgIpc) is 3.36. The maximum absolute atomic E-state index is 15.0. The lowest BCUT2D eigenvalue weighted by Gasteiger charge is -2.31. The molecule has 1 saturated heterocycles. The van der Waals surface area contributed by atoms with Crippen molar-refractivity contribution in [2.45, 2.75) is 25.8 Å². The third-order valence-corrected chi connectivity index (χ3v) is 6.81. The maximum Gasteiger partial charge on any atom is 0.186 e. The molecule has 0 amide bonds. The zero-order chi connectivity index (χ0) is 20.8. The van der Waals surface area contributed by atoms with Crippen molar-refractivity contribution >= 4 is 44.7 Å². The Bertz CT molecular complexity index is 1300. The van der Waals surface area contributed by atoms with Gasteiger partial charge in [0.1, 0.15) is 11.6 Å². The van der Waals surface area contributed by atoms with Crippen LogP contribution in [0, 0.1) is 24.1 Å². The largest absolute Gasteiger partial charge is 0.348 e. The Morgan fingerprint density at radius 2 is 1.97 bits per heavy atom. The molecule has 31 heavy (non-hydrogen) atoms. The van der Waals surface area contributed by atoms with Gasteiger partial charge in [-0.15, -0.1) is 12.4 Å². The Balaban J connectivity index is 0.00000231. The smallest absolute Gasteiger partial charge is 0.186 e. The molecule has 1 fully saturated rings. The van der Waals surface area contributed by atoms with Gasteiger partial charge in [-0.1, -0.05) is 11.3 Å². The fourth-order valence-electron chi connectivity index (χ4n) is 4.11. The van der Waals surface area contributed by atoms with E-state index in [0.29, 0.717) is 22.8 Å². The molecule has 5 rings (SSSR count). The maximum atomic E-state index is 15.0. The Hall–Kier alpha value is -2.73. The first-order valence-electron chi connectivity index (χ1n) is 9.97. The van der Waals surface area contributed by atoms with E-state index in [0.717, 1.165) is 52.6 Å². The van der Waals surface area contributed by atoms with E-state index in [4.69, 9.17) is 0 Å². The lowest BCUT2D eigenvalue weighted by atomic mass is 10.1. The molecule has 1 aliphatic rings. The molecule has 0 spiro atoms. The van der Waals surface area contributed by atoms with Crippen LogP contribution in [0.25, 0.3) is 27.0 Å². The minimum atomic E-state index is -0.343. The molecule has 0 aliphatic carbocycles. The Morgan fingerprint density at radius 1 is 1.19 bits per heavy atom. The fourth-order valence-corrected chi connectivity index (χ4v) is 5.16. The van der Waals surface area contributed by atoms with Crippen LogP contribution in [-0.4, -0.2) is 40.5 Å². The van der Waals surface area contributed by atoms with Crippen LogP contribution in [0.1, 0.15) is 24.1 Å². The topological polar surface area (TPSA) is 69.2 Å². The molecule has 1 aromatic carbocycles. The summed E-state index contributed by atoms with van der Waals surface area (Å²) in [5, 5.41) is 13.7. The summed E-state index contributed by atoms with van der Waals surface area (Å²) in [6.45, 7) is 3.88. The molecule has 0 radical (unpaired) electrons. The number of hydrogen-bond acceptors (Lipinski definition) is 6. The first kappa shape index (κ1) is 21.5. The van der Waals surface area contributed by atoms with Gasteiger partial charge >= 0.3 is 0 Å². The third kappa shape index (κ3) is 3.85. The molecule has 160 valence electrons. The summed E-state index contributed by atoms with van der Waals surface area (Å²) in [5.41, 5.74) is 3.82. The predicted octanol–water partition coefficient (Wildman–Crippen LogP) is 4.54. The van der Waals surface area contributed by atoms with Crippen molar-refractivity contribution in [2.75, 3.05) is 25.0 Å². The van der Waals surface area contributed by atoms with Gasteiger partial charge in [-0.3, -0.25) is 0 Å². The van der Waals surface area contributed by atoms with Crippen molar-refractivity contribution in [3.05, 3.63) is 47.7 Å². The van der Waals surface area contributed by atoms with Crippen LogP contribution in [0.15, 0.2) is 30.6 Å². The summed E-state index contributed by atoms with van der Waals surface area (Å²) in [6.07, 6.45) is 5.87. The highest BCUT2D eigenvalue weighted by molar-refractivity contribution is 7.22. The molecule has 0 bridgehead atoms. The summed E-state index contributed by atoms with van der Waals surface area (Å²) >= 11 is 1.51. The van der Waals surface area contributed by atoms with E-state index in [1.54, 1.807) is 6.07 Å². The van der Waals surface area contributed by atoms with Gasteiger partial charge in [-0.05, 0) is 62.2 Å². The van der Waals surface area contributed by atoms with Crippen molar-refractivity contribution < 1.29 is 4.39 Å². The monoisotopic (exact) mass is 456 g/mol. The van der Waals surface area contributed by atoms with Gasteiger partial charge in [0.15, 0.2) is 16.6 Å². The van der Waals surface area contributed by atoms with Crippen molar-refractivity contribution in [3.8, 4) is 17.2 Å². The van der Waals surface area contributed by atoms with E-state index in [1.807, 2.05) is 36.8 Å². The molecule has 0 unspecified atom stereocenters. The Morgan fingerprint density at radius 3 is 2.71 bits per heavy atom. The van der Waals surface area contributed by atoms with E-state index in [9.17, 15) is 9.65 Å². The number of nitrogens with zero attached hydrogens (tertiary/aromatic N) is 5. The van der Waals surface area contributed by atoms with E-state index in [1.165, 1.54) is 17.4 Å². The molecule has 6 nitrogen and oxygen atoms in total. The SMILES string of the molecule is Cc1cn2cc(-c3cc(F)c4nc(N(C)C5CCNCC5)sc4c3)cc(C#N)c2n1.Cl. The fraction of sp³-hybridized carbons (Fsp3) is 0.318. The first-order chi connectivity index (χ1) is 14.5. The highest BCUT2D eigenvalue weighted by atomic mass is 35.5. The number of piperidine rings is 1. The molecule has 1 aliphatic heterocycles. The zero-order valence-corrected chi connectivity index (χ0v) is 18.9. The van der Waals surface area contributed by atoms with Crippen molar-refractivity contribution in [2.24, 2.45) is 0 Å². The van der Waals surface area contributed by atoms with E-state index < -0.39 is 0 Å². The minimum Gasteiger partial charge on any atom is -0.348 e. The number of thiazole rings is 1. The predicted molar refractivity (Wildman–Crippen MR) is 125 cm³/mol. The first-order valence-corrected chi connectivity index (χ1v) is 10.8.